The molecule has 0 aliphatic heterocycles. The first-order valence-electron chi connectivity index (χ1n) is 4.56. The van der Waals surface area contributed by atoms with Crippen molar-refractivity contribution in [3.63, 3.8) is 0 Å². The summed E-state index contributed by atoms with van der Waals surface area (Å²) in [4.78, 5) is 7.68. The van der Waals surface area contributed by atoms with Crippen molar-refractivity contribution in [3.8, 4) is 0 Å². The predicted molar refractivity (Wildman–Crippen MR) is 68.8 cm³/mol. The van der Waals surface area contributed by atoms with E-state index in [1.165, 1.54) is 12.4 Å². The molecule has 3 N–H and O–H groups in total. The molecule has 2 rings (SSSR count). The number of nitrogens with one attached hydrogen (secondary N) is 1. The summed E-state index contributed by atoms with van der Waals surface area (Å²) in [5.41, 5.74) is 6.58. The molecule has 4 nitrogen and oxygen atoms in total. The molecular formula is C10H7BrClFN4. The second-order valence-corrected chi connectivity index (χ2v) is 4.39. The molecule has 7 heteroatoms. The van der Waals surface area contributed by atoms with E-state index in [0.717, 1.165) is 0 Å². The second-order valence-electron chi connectivity index (χ2n) is 3.18. The number of rotatable bonds is 2. The van der Waals surface area contributed by atoms with Crippen molar-refractivity contribution in [1.82, 2.24) is 9.97 Å². The largest absolute Gasteiger partial charge is 0.393 e. The van der Waals surface area contributed by atoms with Crippen LogP contribution in [0.4, 0.5) is 21.6 Å². The van der Waals surface area contributed by atoms with E-state index in [2.05, 4.69) is 31.2 Å². The van der Waals surface area contributed by atoms with E-state index in [0.29, 0.717) is 16.0 Å². The van der Waals surface area contributed by atoms with E-state index < -0.39 is 0 Å². The molecule has 0 radical (unpaired) electrons. The minimum absolute atomic E-state index is 0.170. The standard InChI is InChI=1S/C10H7BrClFN4/c11-6-3-5(1-2-7(6)13)17-10-8(14)9(12)15-4-16-10/h1-4H,14H2,(H,15,16,17). The molecule has 0 atom stereocenters. The summed E-state index contributed by atoms with van der Waals surface area (Å²) in [7, 11) is 0. The number of hydrogen-bond donors (Lipinski definition) is 2. The van der Waals surface area contributed by atoms with Crippen molar-refractivity contribution in [1.29, 1.82) is 0 Å². The summed E-state index contributed by atoms with van der Waals surface area (Å²) in [5, 5.41) is 3.09. The average molecular weight is 318 g/mol. The van der Waals surface area contributed by atoms with Gasteiger partial charge >= 0.3 is 0 Å². The topological polar surface area (TPSA) is 63.8 Å². The van der Waals surface area contributed by atoms with Crippen LogP contribution >= 0.6 is 27.5 Å². The van der Waals surface area contributed by atoms with Gasteiger partial charge in [-0.25, -0.2) is 14.4 Å². The molecule has 0 aliphatic rings. The molecule has 2 aromatic rings. The third-order valence-electron chi connectivity index (χ3n) is 2.02. The first-order chi connectivity index (χ1) is 8.08. The SMILES string of the molecule is Nc1c(Cl)ncnc1Nc1ccc(F)c(Br)c1. The second kappa shape index (κ2) is 4.85. The number of nitrogen functional groups attached to an aromatic ring is 1. The fourth-order valence-electron chi connectivity index (χ4n) is 1.18. The zero-order valence-corrected chi connectivity index (χ0v) is 10.8. The van der Waals surface area contributed by atoms with E-state index in [4.69, 9.17) is 17.3 Å². The molecule has 0 fully saturated rings. The average Bonchev–Trinajstić information content (AvgIpc) is 2.30. The van der Waals surface area contributed by atoms with Gasteiger partial charge in [0.15, 0.2) is 11.0 Å². The summed E-state index contributed by atoms with van der Waals surface area (Å²) in [6, 6.07) is 4.46. The molecule has 1 aromatic carbocycles. The summed E-state index contributed by atoms with van der Waals surface area (Å²) in [5.74, 6) is 0.0350. The van der Waals surface area contributed by atoms with Crippen LogP contribution in [0.1, 0.15) is 0 Å². The number of nitrogens with zero attached hydrogens (tertiary/aromatic N) is 2. The third kappa shape index (κ3) is 2.65. The number of benzene rings is 1. The number of nitrogens with two attached hydrogens (primary N) is 1. The lowest BCUT2D eigenvalue weighted by Gasteiger charge is -2.08. The summed E-state index contributed by atoms with van der Waals surface area (Å²) < 4.78 is 13.4. The first kappa shape index (κ1) is 12.1. The Kier molecular flexibility index (Phi) is 3.44. The van der Waals surface area contributed by atoms with Gasteiger partial charge in [-0.1, -0.05) is 11.6 Å². The fourth-order valence-corrected chi connectivity index (χ4v) is 1.70. The minimum Gasteiger partial charge on any atom is -0.393 e. The van der Waals surface area contributed by atoms with Crippen LogP contribution in [0, 0.1) is 5.82 Å². The molecule has 0 spiro atoms. The van der Waals surface area contributed by atoms with Gasteiger partial charge in [0, 0.05) is 5.69 Å². The zero-order chi connectivity index (χ0) is 12.4. The summed E-state index contributed by atoms with van der Waals surface area (Å²) in [6.07, 6.45) is 1.29. The van der Waals surface area contributed by atoms with Crippen molar-refractivity contribution in [2.24, 2.45) is 0 Å². The van der Waals surface area contributed by atoms with E-state index >= 15 is 0 Å². The van der Waals surface area contributed by atoms with Crippen molar-refractivity contribution in [2.75, 3.05) is 11.1 Å². The molecule has 1 heterocycles. The van der Waals surface area contributed by atoms with Crippen LogP contribution in [0.3, 0.4) is 0 Å². The van der Waals surface area contributed by atoms with Crippen molar-refractivity contribution >= 4 is 44.7 Å². The van der Waals surface area contributed by atoms with Gasteiger partial charge in [0.05, 0.1) is 4.47 Å². The van der Waals surface area contributed by atoms with Gasteiger partial charge in [0.1, 0.15) is 17.8 Å². The molecule has 1 aromatic heterocycles. The maximum absolute atomic E-state index is 13.0. The van der Waals surface area contributed by atoms with Gasteiger partial charge in [0.25, 0.3) is 0 Å². The number of halogens is 3. The summed E-state index contributed by atoms with van der Waals surface area (Å²) in [6.45, 7) is 0. The third-order valence-corrected chi connectivity index (χ3v) is 2.93. The maximum Gasteiger partial charge on any atom is 0.158 e. The highest BCUT2D eigenvalue weighted by molar-refractivity contribution is 9.10. The molecule has 0 saturated heterocycles. The molecular weight excluding hydrogens is 310 g/mol. The Morgan fingerprint density at radius 3 is 2.82 bits per heavy atom. The molecule has 17 heavy (non-hydrogen) atoms. The van der Waals surface area contributed by atoms with Gasteiger partial charge in [0.2, 0.25) is 0 Å². The van der Waals surface area contributed by atoms with Crippen molar-refractivity contribution < 1.29 is 4.39 Å². The quantitative estimate of drug-likeness (QED) is 0.834. The molecule has 88 valence electrons. The van der Waals surface area contributed by atoms with Crippen LogP contribution < -0.4 is 11.1 Å². The maximum atomic E-state index is 13.0. The van der Waals surface area contributed by atoms with E-state index in [-0.39, 0.29) is 16.7 Å². The van der Waals surface area contributed by atoms with E-state index in [9.17, 15) is 4.39 Å². The molecule has 0 saturated carbocycles. The summed E-state index contributed by atoms with van der Waals surface area (Å²) >= 11 is 8.84. The zero-order valence-electron chi connectivity index (χ0n) is 8.42. The number of anilines is 3. The van der Waals surface area contributed by atoms with Crippen LogP contribution in [-0.2, 0) is 0 Å². The lowest BCUT2D eigenvalue weighted by Crippen LogP contribution is -2.01. The Hall–Kier alpha value is -1.40. The smallest absolute Gasteiger partial charge is 0.158 e. The van der Waals surface area contributed by atoms with Crippen LogP contribution in [0.25, 0.3) is 0 Å². The monoisotopic (exact) mass is 316 g/mol. The van der Waals surface area contributed by atoms with Gasteiger partial charge in [-0.3, -0.25) is 0 Å². The van der Waals surface area contributed by atoms with E-state index in [1.54, 1.807) is 12.1 Å². The number of aromatic nitrogens is 2. The van der Waals surface area contributed by atoms with Crippen LogP contribution in [0.15, 0.2) is 29.0 Å². The Balaban J connectivity index is 2.31. The lowest BCUT2D eigenvalue weighted by molar-refractivity contribution is 0.621. The normalized spacial score (nSPS) is 10.3. The molecule has 0 unspecified atom stereocenters. The Morgan fingerprint density at radius 1 is 1.35 bits per heavy atom. The molecule has 0 bridgehead atoms. The van der Waals surface area contributed by atoms with Crippen molar-refractivity contribution in [2.45, 2.75) is 0 Å². The Labute approximate surface area is 110 Å². The Morgan fingerprint density at radius 2 is 2.12 bits per heavy atom. The highest BCUT2D eigenvalue weighted by Gasteiger charge is 2.07. The Bertz CT molecular complexity index is 564. The lowest BCUT2D eigenvalue weighted by atomic mass is 10.3. The van der Waals surface area contributed by atoms with Gasteiger partial charge in [-0.05, 0) is 34.1 Å². The van der Waals surface area contributed by atoms with E-state index in [1.807, 2.05) is 0 Å². The fraction of sp³-hybridized carbons (Fsp3) is 0. The molecule has 0 aliphatic carbocycles. The first-order valence-corrected chi connectivity index (χ1v) is 5.73. The van der Waals surface area contributed by atoms with Crippen LogP contribution in [0.5, 0.6) is 0 Å². The highest BCUT2D eigenvalue weighted by atomic mass is 79.9. The van der Waals surface area contributed by atoms with Gasteiger partial charge in [-0.15, -0.1) is 0 Å². The minimum atomic E-state index is -0.343. The predicted octanol–water partition coefficient (Wildman–Crippen LogP) is 3.36. The molecule has 0 amide bonds. The van der Waals surface area contributed by atoms with Crippen molar-refractivity contribution in [3.05, 3.63) is 40.0 Å². The number of hydrogen-bond acceptors (Lipinski definition) is 4. The van der Waals surface area contributed by atoms with Crippen LogP contribution in [0.2, 0.25) is 5.15 Å². The van der Waals surface area contributed by atoms with Gasteiger partial charge < -0.3 is 11.1 Å². The highest BCUT2D eigenvalue weighted by Crippen LogP contribution is 2.27. The van der Waals surface area contributed by atoms with Gasteiger partial charge in [-0.2, -0.15) is 0 Å². The van der Waals surface area contributed by atoms with Crippen LogP contribution in [-0.4, -0.2) is 9.97 Å².